The number of benzene rings is 1. The maximum Gasteiger partial charge on any atom is 0.191 e. The summed E-state index contributed by atoms with van der Waals surface area (Å²) >= 11 is 0. The minimum Gasteiger partial charge on any atom is -0.357 e. The highest BCUT2D eigenvalue weighted by atomic mass is 19.1. The molecule has 0 aromatic heterocycles. The molecular formula is C20H32FN5. The van der Waals surface area contributed by atoms with Gasteiger partial charge in [-0.2, -0.15) is 0 Å². The molecule has 3 saturated heterocycles. The summed E-state index contributed by atoms with van der Waals surface area (Å²) in [5.41, 5.74) is 0.754. The SMILES string of the molecule is CCNC(=NCC(C)(C)c1cccc(F)c1)NCC1CN2CCN1CC2. The van der Waals surface area contributed by atoms with Crippen LogP contribution in [0.2, 0.25) is 0 Å². The molecule has 144 valence electrons. The zero-order valence-corrected chi connectivity index (χ0v) is 16.3. The van der Waals surface area contributed by atoms with Crippen LogP contribution >= 0.6 is 0 Å². The minimum atomic E-state index is -0.219. The Balaban J connectivity index is 1.59. The first kappa shape index (κ1) is 19.1. The number of piperazine rings is 3. The average molecular weight is 362 g/mol. The van der Waals surface area contributed by atoms with Crippen LogP contribution in [0.3, 0.4) is 0 Å². The molecule has 1 aromatic rings. The lowest BCUT2D eigenvalue weighted by Crippen LogP contribution is -2.63. The second-order valence-corrected chi connectivity index (χ2v) is 7.96. The molecule has 1 unspecified atom stereocenters. The molecule has 0 radical (unpaired) electrons. The van der Waals surface area contributed by atoms with E-state index in [0.717, 1.165) is 31.2 Å². The quantitative estimate of drug-likeness (QED) is 0.597. The van der Waals surface area contributed by atoms with E-state index < -0.39 is 0 Å². The Morgan fingerprint density at radius 2 is 2.00 bits per heavy atom. The van der Waals surface area contributed by atoms with Crippen LogP contribution in [-0.2, 0) is 5.41 Å². The third-order valence-corrected chi connectivity index (χ3v) is 5.48. The number of hydrogen-bond donors (Lipinski definition) is 2. The van der Waals surface area contributed by atoms with Gasteiger partial charge in [0.2, 0.25) is 0 Å². The summed E-state index contributed by atoms with van der Waals surface area (Å²) in [7, 11) is 0. The van der Waals surface area contributed by atoms with Gasteiger partial charge in [0.1, 0.15) is 5.82 Å². The Hall–Kier alpha value is -1.66. The number of halogens is 1. The lowest BCUT2D eigenvalue weighted by Gasteiger charge is -2.47. The van der Waals surface area contributed by atoms with Gasteiger partial charge < -0.3 is 10.6 Å². The summed E-state index contributed by atoms with van der Waals surface area (Å²) in [6, 6.07) is 7.38. The molecule has 2 bridgehead atoms. The predicted octanol–water partition coefficient (Wildman–Crippen LogP) is 1.66. The number of fused-ring (bicyclic) bond motifs is 3. The van der Waals surface area contributed by atoms with E-state index in [2.05, 4.69) is 41.2 Å². The van der Waals surface area contributed by atoms with Crippen LogP contribution in [0.5, 0.6) is 0 Å². The Labute approximate surface area is 156 Å². The maximum atomic E-state index is 13.5. The number of hydrogen-bond acceptors (Lipinski definition) is 3. The molecular weight excluding hydrogens is 329 g/mol. The van der Waals surface area contributed by atoms with Crippen molar-refractivity contribution in [2.75, 3.05) is 52.4 Å². The summed E-state index contributed by atoms with van der Waals surface area (Å²) in [5, 5.41) is 6.84. The van der Waals surface area contributed by atoms with Gasteiger partial charge in [0.15, 0.2) is 5.96 Å². The zero-order chi connectivity index (χ0) is 18.6. The van der Waals surface area contributed by atoms with E-state index in [4.69, 9.17) is 4.99 Å². The van der Waals surface area contributed by atoms with E-state index in [0.29, 0.717) is 12.6 Å². The van der Waals surface area contributed by atoms with Crippen LogP contribution in [0.15, 0.2) is 29.3 Å². The number of nitrogens with one attached hydrogen (secondary N) is 2. The molecule has 0 spiro atoms. The molecule has 3 aliphatic heterocycles. The maximum absolute atomic E-state index is 13.5. The molecule has 0 aliphatic carbocycles. The van der Waals surface area contributed by atoms with Gasteiger partial charge in [-0.05, 0) is 24.6 Å². The van der Waals surface area contributed by atoms with E-state index in [1.165, 1.54) is 32.2 Å². The van der Waals surface area contributed by atoms with Gasteiger partial charge in [-0.1, -0.05) is 26.0 Å². The molecule has 5 nitrogen and oxygen atoms in total. The van der Waals surface area contributed by atoms with Crippen molar-refractivity contribution >= 4 is 5.96 Å². The van der Waals surface area contributed by atoms with Crippen molar-refractivity contribution in [3.63, 3.8) is 0 Å². The summed E-state index contributed by atoms with van der Waals surface area (Å²) in [5.74, 6) is 0.649. The molecule has 1 aromatic carbocycles. The second-order valence-electron chi connectivity index (χ2n) is 7.96. The fourth-order valence-electron chi connectivity index (χ4n) is 3.75. The number of nitrogens with zero attached hydrogens (tertiary/aromatic N) is 3. The van der Waals surface area contributed by atoms with Gasteiger partial charge in [-0.15, -0.1) is 0 Å². The van der Waals surface area contributed by atoms with Crippen molar-refractivity contribution in [3.8, 4) is 0 Å². The van der Waals surface area contributed by atoms with E-state index in [1.54, 1.807) is 12.1 Å². The second kappa shape index (κ2) is 8.35. The van der Waals surface area contributed by atoms with E-state index in [-0.39, 0.29) is 11.2 Å². The van der Waals surface area contributed by atoms with Gasteiger partial charge in [-0.25, -0.2) is 4.39 Å². The van der Waals surface area contributed by atoms with Crippen LogP contribution < -0.4 is 10.6 Å². The van der Waals surface area contributed by atoms with E-state index in [9.17, 15) is 4.39 Å². The van der Waals surface area contributed by atoms with Crippen molar-refractivity contribution in [1.82, 2.24) is 20.4 Å². The molecule has 0 amide bonds. The highest BCUT2D eigenvalue weighted by Crippen LogP contribution is 2.24. The van der Waals surface area contributed by atoms with Crippen LogP contribution in [0.1, 0.15) is 26.3 Å². The number of rotatable bonds is 6. The highest BCUT2D eigenvalue weighted by Gasteiger charge is 2.31. The summed E-state index contributed by atoms with van der Waals surface area (Å²) in [4.78, 5) is 9.90. The standard InChI is InChI=1S/C20H32FN5/c1-4-22-19(23-13-18-14-25-8-10-26(18)11-9-25)24-15-20(2,3)16-6-5-7-17(21)12-16/h5-7,12,18H,4,8-11,13-15H2,1-3H3,(H2,22,23,24). The molecule has 4 rings (SSSR count). The summed E-state index contributed by atoms with van der Waals surface area (Å²) < 4.78 is 13.5. The van der Waals surface area contributed by atoms with Gasteiger partial charge in [-0.3, -0.25) is 14.8 Å². The number of guanidine groups is 1. The fourth-order valence-corrected chi connectivity index (χ4v) is 3.75. The lowest BCUT2D eigenvalue weighted by atomic mass is 9.85. The molecule has 2 N–H and O–H groups in total. The monoisotopic (exact) mass is 361 g/mol. The lowest BCUT2D eigenvalue weighted by molar-refractivity contribution is 0.0154. The third kappa shape index (κ3) is 4.74. The van der Waals surface area contributed by atoms with Gasteiger partial charge in [0.05, 0.1) is 6.54 Å². The number of aliphatic imine (C=N–C) groups is 1. The normalized spacial score (nSPS) is 26.0. The van der Waals surface area contributed by atoms with Crippen molar-refractivity contribution in [2.24, 2.45) is 4.99 Å². The minimum absolute atomic E-state index is 0.194. The Morgan fingerprint density at radius 1 is 1.23 bits per heavy atom. The molecule has 26 heavy (non-hydrogen) atoms. The molecule has 1 atom stereocenters. The van der Waals surface area contributed by atoms with Crippen molar-refractivity contribution in [1.29, 1.82) is 0 Å². The van der Waals surface area contributed by atoms with Crippen molar-refractivity contribution in [3.05, 3.63) is 35.6 Å². The first-order valence-electron chi connectivity index (χ1n) is 9.72. The van der Waals surface area contributed by atoms with Crippen LogP contribution in [-0.4, -0.2) is 74.2 Å². The third-order valence-electron chi connectivity index (χ3n) is 5.48. The Morgan fingerprint density at radius 3 is 2.62 bits per heavy atom. The first-order valence-corrected chi connectivity index (χ1v) is 9.72. The van der Waals surface area contributed by atoms with Crippen LogP contribution in [0.4, 0.5) is 4.39 Å². The van der Waals surface area contributed by atoms with Gasteiger partial charge >= 0.3 is 0 Å². The Bertz CT molecular complexity index is 622. The largest absolute Gasteiger partial charge is 0.357 e. The smallest absolute Gasteiger partial charge is 0.191 e. The summed E-state index contributed by atoms with van der Waals surface area (Å²) in [6.07, 6.45) is 0. The molecule has 3 fully saturated rings. The van der Waals surface area contributed by atoms with Crippen molar-refractivity contribution in [2.45, 2.75) is 32.2 Å². The predicted molar refractivity (Wildman–Crippen MR) is 105 cm³/mol. The van der Waals surface area contributed by atoms with E-state index in [1.807, 2.05) is 6.07 Å². The van der Waals surface area contributed by atoms with Crippen LogP contribution in [0, 0.1) is 5.82 Å². The first-order chi connectivity index (χ1) is 12.5. The summed E-state index contributed by atoms with van der Waals surface area (Å²) in [6.45, 7) is 14.5. The zero-order valence-electron chi connectivity index (χ0n) is 16.3. The highest BCUT2D eigenvalue weighted by molar-refractivity contribution is 5.79. The Kier molecular flexibility index (Phi) is 6.14. The topological polar surface area (TPSA) is 42.9 Å². The van der Waals surface area contributed by atoms with E-state index >= 15 is 0 Å². The molecule has 0 saturated carbocycles. The van der Waals surface area contributed by atoms with Crippen molar-refractivity contribution < 1.29 is 4.39 Å². The van der Waals surface area contributed by atoms with Crippen LogP contribution in [0.25, 0.3) is 0 Å². The fraction of sp³-hybridized carbons (Fsp3) is 0.650. The molecule has 6 heteroatoms. The molecule has 3 heterocycles. The van der Waals surface area contributed by atoms with Gasteiger partial charge in [0.25, 0.3) is 0 Å². The molecule has 3 aliphatic rings. The average Bonchev–Trinajstić information content (AvgIpc) is 2.65. The van der Waals surface area contributed by atoms with Gasteiger partial charge in [0, 0.05) is 57.3 Å².